The van der Waals surface area contributed by atoms with Gasteiger partial charge in [0, 0.05) is 30.7 Å². The fraction of sp³-hybridized carbons (Fsp3) is 0.375. The van der Waals surface area contributed by atoms with Gasteiger partial charge in [0.2, 0.25) is 5.91 Å². The molecule has 0 spiro atoms. The summed E-state index contributed by atoms with van der Waals surface area (Å²) in [5, 5.41) is 2.03. The maximum Gasteiger partial charge on any atom is 0.246 e. The highest BCUT2D eigenvalue weighted by Gasteiger charge is 2.16. The van der Waals surface area contributed by atoms with Crippen molar-refractivity contribution < 1.29 is 23.9 Å². The maximum atomic E-state index is 12.3. The molecule has 0 unspecified atom stereocenters. The molecule has 0 aliphatic rings. The van der Waals surface area contributed by atoms with E-state index in [2.05, 4.69) is 0 Å². The minimum Gasteiger partial charge on any atom is -0.493 e. The molecule has 0 saturated carbocycles. The van der Waals surface area contributed by atoms with E-state index in [0.717, 1.165) is 15.1 Å². The van der Waals surface area contributed by atoms with Gasteiger partial charge in [-0.15, -0.1) is 11.3 Å². The van der Waals surface area contributed by atoms with Crippen molar-refractivity contribution in [1.29, 1.82) is 0 Å². The van der Waals surface area contributed by atoms with Crippen LogP contribution < -0.4 is 9.47 Å². The summed E-state index contributed by atoms with van der Waals surface area (Å²) in [6.07, 6.45) is 0.262. The van der Waals surface area contributed by atoms with E-state index >= 15 is 0 Å². The van der Waals surface area contributed by atoms with Gasteiger partial charge in [0.25, 0.3) is 0 Å². The van der Waals surface area contributed by atoms with Gasteiger partial charge in [0.15, 0.2) is 17.3 Å². The molecule has 0 saturated heterocycles. The lowest BCUT2D eigenvalue weighted by atomic mass is 10.1. The SMILES string of the molecule is COc1cc2cc(C(=O)CCC(=O)N(C)OC)sc2cc1OC. The van der Waals surface area contributed by atoms with Crippen LogP contribution in [0.2, 0.25) is 0 Å². The van der Waals surface area contributed by atoms with Crippen molar-refractivity contribution in [1.82, 2.24) is 5.06 Å². The Morgan fingerprint density at radius 2 is 1.70 bits per heavy atom. The Morgan fingerprint density at radius 3 is 2.30 bits per heavy atom. The van der Waals surface area contributed by atoms with Crippen molar-refractivity contribution in [2.24, 2.45) is 0 Å². The first kappa shape index (κ1) is 17.2. The number of hydroxylamine groups is 2. The molecular formula is C16H19NO5S. The number of hydrogen-bond acceptors (Lipinski definition) is 6. The topological polar surface area (TPSA) is 65.1 Å². The van der Waals surface area contributed by atoms with E-state index in [0.29, 0.717) is 16.4 Å². The number of Topliss-reactive ketones (excluding diaryl/α,β-unsaturated/α-hetero) is 1. The summed E-state index contributed by atoms with van der Waals surface area (Å²) in [4.78, 5) is 29.4. The van der Waals surface area contributed by atoms with Gasteiger partial charge < -0.3 is 9.47 Å². The van der Waals surface area contributed by atoms with Gasteiger partial charge in [-0.2, -0.15) is 0 Å². The molecule has 1 aromatic heterocycles. The second kappa shape index (κ2) is 7.43. The third kappa shape index (κ3) is 3.80. The largest absolute Gasteiger partial charge is 0.493 e. The summed E-state index contributed by atoms with van der Waals surface area (Å²) < 4.78 is 11.5. The summed E-state index contributed by atoms with van der Waals surface area (Å²) in [5.74, 6) is 0.943. The molecule has 0 aliphatic heterocycles. The first-order valence-electron chi connectivity index (χ1n) is 6.99. The molecular weight excluding hydrogens is 318 g/mol. The fourth-order valence-corrected chi connectivity index (χ4v) is 3.15. The van der Waals surface area contributed by atoms with Crippen LogP contribution in [0.4, 0.5) is 0 Å². The van der Waals surface area contributed by atoms with E-state index in [1.807, 2.05) is 18.2 Å². The average molecular weight is 337 g/mol. The average Bonchev–Trinajstić information content (AvgIpc) is 2.99. The summed E-state index contributed by atoms with van der Waals surface area (Å²) in [7, 11) is 6.07. The van der Waals surface area contributed by atoms with Crippen molar-refractivity contribution in [3.05, 3.63) is 23.1 Å². The van der Waals surface area contributed by atoms with E-state index in [-0.39, 0.29) is 24.5 Å². The summed E-state index contributed by atoms with van der Waals surface area (Å²) >= 11 is 1.38. The van der Waals surface area contributed by atoms with Gasteiger partial charge in [0.05, 0.1) is 26.2 Å². The van der Waals surface area contributed by atoms with Crippen molar-refractivity contribution in [2.75, 3.05) is 28.4 Å². The predicted molar refractivity (Wildman–Crippen MR) is 88.3 cm³/mol. The lowest BCUT2D eigenvalue weighted by Crippen LogP contribution is -2.25. The zero-order valence-electron chi connectivity index (χ0n) is 13.5. The van der Waals surface area contributed by atoms with Crippen LogP contribution in [0.5, 0.6) is 11.5 Å². The minimum atomic E-state index is -0.231. The third-order valence-electron chi connectivity index (χ3n) is 3.49. The number of ketones is 1. The van der Waals surface area contributed by atoms with Gasteiger partial charge in [-0.25, -0.2) is 5.06 Å². The Morgan fingerprint density at radius 1 is 1.04 bits per heavy atom. The zero-order valence-corrected chi connectivity index (χ0v) is 14.4. The number of fused-ring (bicyclic) bond motifs is 1. The van der Waals surface area contributed by atoms with Crippen LogP contribution in [-0.4, -0.2) is 45.1 Å². The minimum absolute atomic E-state index is 0.0676. The number of amides is 1. The van der Waals surface area contributed by atoms with Crippen molar-refractivity contribution >= 4 is 33.1 Å². The molecule has 7 heteroatoms. The first-order valence-corrected chi connectivity index (χ1v) is 7.81. The Bertz CT molecular complexity index is 684. The maximum absolute atomic E-state index is 12.3. The molecule has 0 atom stereocenters. The van der Waals surface area contributed by atoms with Crippen LogP contribution in [0, 0.1) is 0 Å². The van der Waals surface area contributed by atoms with Crippen LogP contribution >= 0.6 is 11.3 Å². The number of carbonyl (C=O) groups excluding carboxylic acids is 2. The van der Waals surface area contributed by atoms with Gasteiger partial charge in [0.1, 0.15) is 0 Å². The van der Waals surface area contributed by atoms with Crippen molar-refractivity contribution in [2.45, 2.75) is 12.8 Å². The monoisotopic (exact) mass is 337 g/mol. The van der Waals surface area contributed by atoms with Crippen LogP contribution in [0.15, 0.2) is 18.2 Å². The number of thiophene rings is 1. The van der Waals surface area contributed by atoms with Crippen LogP contribution in [0.25, 0.3) is 10.1 Å². The van der Waals surface area contributed by atoms with Crippen LogP contribution in [0.1, 0.15) is 22.5 Å². The van der Waals surface area contributed by atoms with Gasteiger partial charge in [-0.1, -0.05) is 0 Å². The van der Waals surface area contributed by atoms with E-state index in [1.54, 1.807) is 14.2 Å². The Hall–Kier alpha value is -2.12. The Labute approximate surface area is 138 Å². The first-order chi connectivity index (χ1) is 11.0. The molecule has 6 nitrogen and oxygen atoms in total. The zero-order chi connectivity index (χ0) is 17.0. The summed E-state index contributed by atoms with van der Waals surface area (Å²) in [5.41, 5.74) is 0. The Balaban J connectivity index is 2.17. The number of hydrogen-bond donors (Lipinski definition) is 0. The molecule has 124 valence electrons. The fourth-order valence-electron chi connectivity index (χ4n) is 2.11. The number of nitrogens with zero attached hydrogens (tertiary/aromatic N) is 1. The molecule has 1 aromatic carbocycles. The standard InChI is InChI=1S/C16H19NO5S/c1-17(22-4)16(19)6-5-11(18)15-8-10-7-12(20-2)13(21-3)9-14(10)23-15/h7-9H,5-6H2,1-4H3. The molecule has 2 rings (SSSR count). The molecule has 0 fully saturated rings. The highest BCUT2D eigenvalue weighted by Crippen LogP contribution is 2.36. The van der Waals surface area contributed by atoms with Gasteiger partial charge in [-0.3, -0.25) is 14.4 Å². The molecule has 0 aliphatic carbocycles. The number of ether oxygens (including phenoxy) is 2. The lowest BCUT2D eigenvalue weighted by molar-refractivity contribution is -0.168. The number of carbonyl (C=O) groups is 2. The molecule has 0 radical (unpaired) electrons. The van der Waals surface area contributed by atoms with E-state index in [4.69, 9.17) is 14.3 Å². The summed E-state index contributed by atoms with van der Waals surface area (Å²) in [6, 6.07) is 5.50. The molecule has 1 amide bonds. The highest BCUT2D eigenvalue weighted by atomic mass is 32.1. The molecule has 2 aromatic rings. The highest BCUT2D eigenvalue weighted by molar-refractivity contribution is 7.20. The van der Waals surface area contributed by atoms with Gasteiger partial charge >= 0.3 is 0 Å². The predicted octanol–water partition coefficient (Wildman–Crippen LogP) is 2.90. The van der Waals surface area contributed by atoms with Gasteiger partial charge in [-0.05, 0) is 17.5 Å². The molecule has 23 heavy (non-hydrogen) atoms. The summed E-state index contributed by atoms with van der Waals surface area (Å²) in [6.45, 7) is 0. The number of rotatable bonds is 7. The quantitative estimate of drug-likeness (QED) is 0.574. The molecule has 0 N–H and O–H groups in total. The molecule has 0 bridgehead atoms. The van der Waals surface area contributed by atoms with Crippen molar-refractivity contribution in [3.8, 4) is 11.5 Å². The second-order valence-electron chi connectivity index (χ2n) is 4.85. The molecule has 1 heterocycles. The normalized spacial score (nSPS) is 10.6. The second-order valence-corrected chi connectivity index (χ2v) is 5.94. The Kier molecular flexibility index (Phi) is 5.57. The van der Waals surface area contributed by atoms with E-state index in [9.17, 15) is 9.59 Å². The van der Waals surface area contributed by atoms with Crippen LogP contribution in [-0.2, 0) is 9.63 Å². The smallest absolute Gasteiger partial charge is 0.246 e. The van der Waals surface area contributed by atoms with Crippen molar-refractivity contribution in [3.63, 3.8) is 0 Å². The number of benzene rings is 1. The lowest BCUT2D eigenvalue weighted by Gasteiger charge is -2.12. The third-order valence-corrected chi connectivity index (χ3v) is 4.63. The van der Waals surface area contributed by atoms with E-state index < -0.39 is 0 Å². The van der Waals surface area contributed by atoms with Crippen LogP contribution in [0.3, 0.4) is 0 Å². The number of methoxy groups -OCH3 is 2. The van der Waals surface area contributed by atoms with E-state index in [1.165, 1.54) is 25.5 Å².